The maximum atomic E-state index is 13.2. The molecule has 0 aliphatic carbocycles. The number of carbonyl (C=O) groups excluding carboxylic acids is 1. The standard InChI is InChI=1S/C10H7ClFNO/c1-6(5-13)10(14)8-3-2-7(11)4-9(8)12/h2-4,6H,1H3. The predicted octanol–water partition coefficient (Wildman–Crippen LogP) is 2.82. The molecule has 72 valence electrons. The van der Waals surface area contributed by atoms with E-state index in [0.29, 0.717) is 0 Å². The second-order valence-corrected chi connectivity index (χ2v) is 3.28. The summed E-state index contributed by atoms with van der Waals surface area (Å²) in [5, 5.41) is 8.72. The predicted molar refractivity (Wildman–Crippen MR) is 50.5 cm³/mol. The molecule has 0 heterocycles. The number of nitriles is 1. The van der Waals surface area contributed by atoms with E-state index in [1.807, 2.05) is 0 Å². The van der Waals surface area contributed by atoms with Crippen molar-refractivity contribution in [1.29, 1.82) is 5.26 Å². The number of halogens is 2. The van der Waals surface area contributed by atoms with Gasteiger partial charge in [0.15, 0.2) is 5.78 Å². The fourth-order valence-corrected chi connectivity index (χ4v) is 1.14. The molecule has 0 spiro atoms. The molecular weight excluding hydrogens is 205 g/mol. The van der Waals surface area contributed by atoms with Crippen molar-refractivity contribution in [3.8, 4) is 6.07 Å². The van der Waals surface area contributed by atoms with Crippen LogP contribution in [0.4, 0.5) is 4.39 Å². The van der Waals surface area contributed by atoms with Crippen molar-refractivity contribution in [1.82, 2.24) is 0 Å². The van der Waals surface area contributed by atoms with Gasteiger partial charge in [0.05, 0.1) is 11.6 Å². The first kappa shape index (κ1) is 10.7. The summed E-state index contributed by atoms with van der Waals surface area (Å²) in [4.78, 5) is 11.4. The molecule has 4 heteroatoms. The lowest BCUT2D eigenvalue weighted by Gasteiger charge is -2.03. The zero-order valence-electron chi connectivity index (χ0n) is 7.42. The summed E-state index contributed by atoms with van der Waals surface area (Å²) in [5.74, 6) is -2.06. The monoisotopic (exact) mass is 211 g/mol. The smallest absolute Gasteiger partial charge is 0.182 e. The Labute approximate surface area is 85.9 Å². The van der Waals surface area contributed by atoms with Gasteiger partial charge in [-0.05, 0) is 25.1 Å². The summed E-state index contributed by atoms with van der Waals surface area (Å²) in [6.45, 7) is 1.43. The second kappa shape index (κ2) is 4.21. The fourth-order valence-electron chi connectivity index (χ4n) is 0.981. The van der Waals surface area contributed by atoms with E-state index in [0.717, 1.165) is 6.07 Å². The average Bonchev–Trinajstić information content (AvgIpc) is 2.15. The highest BCUT2D eigenvalue weighted by atomic mass is 35.5. The number of hydrogen-bond acceptors (Lipinski definition) is 2. The topological polar surface area (TPSA) is 40.9 Å². The van der Waals surface area contributed by atoms with E-state index in [1.54, 1.807) is 6.07 Å². The van der Waals surface area contributed by atoms with Crippen LogP contribution in [-0.2, 0) is 0 Å². The van der Waals surface area contributed by atoms with Gasteiger partial charge in [-0.2, -0.15) is 5.26 Å². The largest absolute Gasteiger partial charge is 0.293 e. The van der Waals surface area contributed by atoms with Gasteiger partial charge >= 0.3 is 0 Å². The van der Waals surface area contributed by atoms with Crippen molar-refractivity contribution in [3.63, 3.8) is 0 Å². The van der Waals surface area contributed by atoms with Gasteiger partial charge in [0.1, 0.15) is 11.7 Å². The van der Waals surface area contributed by atoms with Crippen molar-refractivity contribution < 1.29 is 9.18 Å². The second-order valence-electron chi connectivity index (χ2n) is 2.84. The van der Waals surface area contributed by atoms with E-state index in [2.05, 4.69) is 0 Å². The quantitative estimate of drug-likeness (QED) is 0.706. The molecule has 14 heavy (non-hydrogen) atoms. The van der Waals surface area contributed by atoms with Gasteiger partial charge in [-0.15, -0.1) is 0 Å². The number of benzene rings is 1. The van der Waals surface area contributed by atoms with Crippen LogP contribution >= 0.6 is 11.6 Å². The molecule has 1 unspecified atom stereocenters. The van der Waals surface area contributed by atoms with E-state index < -0.39 is 17.5 Å². The minimum atomic E-state index is -0.842. The van der Waals surface area contributed by atoms with Gasteiger partial charge in [0.2, 0.25) is 0 Å². The van der Waals surface area contributed by atoms with Crippen molar-refractivity contribution >= 4 is 17.4 Å². The summed E-state index contributed by atoms with van der Waals surface area (Å²) in [5.41, 5.74) is -0.0940. The third kappa shape index (κ3) is 2.09. The lowest BCUT2D eigenvalue weighted by Crippen LogP contribution is -2.10. The number of rotatable bonds is 2. The van der Waals surface area contributed by atoms with Crippen molar-refractivity contribution in [2.75, 3.05) is 0 Å². The maximum Gasteiger partial charge on any atom is 0.182 e. The van der Waals surface area contributed by atoms with E-state index in [9.17, 15) is 9.18 Å². The molecule has 0 amide bonds. The molecule has 0 aliphatic rings. The number of hydrogen-bond donors (Lipinski definition) is 0. The van der Waals surface area contributed by atoms with E-state index >= 15 is 0 Å². The Morgan fingerprint density at radius 2 is 2.29 bits per heavy atom. The first-order valence-corrected chi connectivity index (χ1v) is 4.33. The maximum absolute atomic E-state index is 13.2. The van der Waals surface area contributed by atoms with Gasteiger partial charge in [-0.1, -0.05) is 11.6 Å². The van der Waals surface area contributed by atoms with Gasteiger partial charge in [-0.25, -0.2) is 4.39 Å². The fraction of sp³-hybridized carbons (Fsp3) is 0.200. The molecule has 1 atom stereocenters. The van der Waals surface area contributed by atoms with Crippen molar-refractivity contribution in [2.45, 2.75) is 6.92 Å². The van der Waals surface area contributed by atoms with E-state index in [1.165, 1.54) is 19.1 Å². The van der Waals surface area contributed by atoms with Gasteiger partial charge in [0, 0.05) is 5.02 Å². The molecule has 0 radical (unpaired) electrons. The number of Topliss-reactive ketones (excluding diaryl/α,β-unsaturated/α-hetero) is 1. The molecule has 1 aromatic rings. The molecule has 0 saturated heterocycles. The van der Waals surface area contributed by atoms with Crippen LogP contribution in [0, 0.1) is 23.1 Å². The van der Waals surface area contributed by atoms with Crippen LogP contribution < -0.4 is 0 Å². The molecule has 0 aliphatic heterocycles. The highest BCUT2D eigenvalue weighted by Crippen LogP contribution is 2.17. The zero-order valence-corrected chi connectivity index (χ0v) is 8.18. The molecule has 2 nitrogen and oxygen atoms in total. The molecule has 0 fully saturated rings. The van der Waals surface area contributed by atoms with Gasteiger partial charge < -0.3 is 0 Å². The van der Waals surface area contributed by atoms with Gasteiger partial charge in [-0.3, -0.25) is 4.79 Å². The SMILES string of the molecule is CC(C#N)C(=O)c1ccc(Cl)cc1F. The Morgan fingerprint density at radius 3 is 2.79 bits per heavy atom. The first-order valence-electron chi connectivity index (χ1n) is 3.95. The van der Waals surface area contributed by atoms with Crippen LogP contribution in [0.15, 0.2) is 18.2 Å². The molecule has 0 saturated carbocycles. The Balaban J connectivity index is 3.09. The molecule has 0 N–H and O–H groups in total. The van der Waals surface area contributed by atoms with Crippen LogP contribution in [0.1, 0.15) is 17.3 Å². The van der Waals surface area contributed by atoms with Crippen LogP contribution in [0.5, 0.6) is 0 Å². The summed E-state index contributed by atoms with van der Waals surface area (Å²) in [7, 11) is 0. The highest BCUT2D eigenvalue weighted by molar-refractivity contribution is 6.30. The molecule has 0 bridgehead atoms. The lowest BCUT2D eigenvalue weighted by molar-refractivity contribution is 0.0952. The average molecular weight is 212 g/mol. The Hall–Kier alpha value is -1.40. The summed E-state index contributed by atoms with van der Waals surface area (Å²) in [6.07, 6.45) is 0. The Kier molecular flexibility index (Phi) is 3.21. The van der Waals surface area contributed by atoms with Crippen LogP contribution in [0.3, 0.4) is 0 Å². The van der Waals surface area contributed by atoms with E-state index in [4.69, 9.17) is 16.9 Å². The van der Waals surface area contributed by atoms with Crippen LogP contribution in [-0.4, -0.2) is 5.78 Å². The van der Waals surface area contributed by atoms with E-state index in [-0.39, 0.29) is 10.6 Å². The van der Waals surface area contributed by atoms with Crippen LogP contribution in [0.2, 0.25) is 5.02 Å². The molecular formula is C10H7ClFNO. The van der Waals surface area contributed by atoms with Crippen molar-refractivity contribution in [2.24, 2.45) is 5.92 Å². The minimum Gasteiger partial charge on any atom is -0.293 e. The Morgan fingerprint density at radius 1 is 1.64 bits per heavy atom. The number of ketones is 1. The molecule has 1 aromatic carbocycles. The van der Waals surface area contributed by atoms with Crippen LogP contribution in [0.25, 0.3) is 0 Å². The highest BCUT2D eigenvalue weighted by Gasteiger charge is 2.18. The third-order valence-corrected chi connectivity index (χ3v) is 2.02. The zero-order chi connectivity index (χ0) is 10.7. The van der Waals surface area contributed by atoms with Crippen molar-refractivity contribution in [3.05, 3.63) is 34.6 Å². The number of carbonyl (C=O) groups is 1. The Bertz CT molecular complexity index is 411. The van der Waals surface area contributed by atoms with Gasteiger partial charge in [0.25, 0.3) is 0 Å². The molecule has 0 aromatic heterocycles. The normalized spacial score (nSPS) is 11.9. The molecule has 1 rings (SSSR count). The lowest BCUT2D eigenvalue weighted by atomic mass is 10.0. The number of nitrogens with zero attached hydrogens (tertiary/aromatic N) is 1. The summed E-state index contributed by atoms with van der Waals surface area (Å²) < 4.78 is 13.2. The summed E-state index contributed by atoms with van der Waals surface area (Å²) in [6, 6.07) is 5.51. The third-order valence-electron chi connectivity index (χ3n) is 1.78. The first-order chi connectivity index (χ1) is 6.56. The summed E-state index contributed by atoms with van der Waals surface area (Å²) >= 11 is 5.52. The minimum absolute atomic E-state index is 0.0940.